The number of nitrogens with two attached hydrogens (primary N) is 1. The van der Waals surface area contributed by atoms with E-state index in [4.69, 9.17) is 22.7 Å². The third-order valence-corrected chi connectivity index (χ3v) is 5.31. The topological polar surface area (TPSA) is 89.7 Å². The van der Waals surface area contributed by atoms with Crippen molar-refractivity contribution in [2.75, 3.05) is 31.2 Å². The number of morpholine rings is 1. The van der Waals surface area contributed by atoms with Crippen LogP contribution in [-0.4, -0.2) is 61.5 Å². The van der Waals surface area contributed by atoms with Crippen LogP contribution in [0.1, 0.15) is 6.42 Å². The van der Waals surface area contributed by atoms with Crippen molar-refractivity contribution >= 4 is 33.0 Å². The molecule has 0 aromatic heterocycles. The number of hydrogen-bond donors (Lipinski definition) is 1. The van der Waals surface area contributed by atoms with Gasteiger partial charge in [0.1, 0.15) is 11.1 Å². The highest BCUT2D eigenvalue weighted by Gasteiger charge is 2.37. The predicted octanol–water partition coefficient (Wildman–Crippen LogP) is -1.07. The lowest BCUT2D eigenvalue weighted by Crippen LogP contribution is -2.51. The van der Waals surface area contributed by atoms with Gasteiger partial charge >= 0.3 is 0 Å². The molecule has 2 fully saturated rings. The van der Waals surface area contributed by atoms with E-state index in [1.165, 1.54) is 0 Å². The molecule has 2 aliphatic heterocycles. The molecule has 2 unspecified atom stereocenters. The lowest BCUT2D eigenvalue weighted by Gasteiger charge is -2.33. The van der Waals surface area contributed by atoms with Crippen molar-refractivity contribution in [1.82, 2.24) is 4.90 Å². The number of ether oxygens (including phenoxy) is 1. The third kappa shape index (κ3) is 2.99. The molecule has 102 valence electrons. The lowest BCUT2D eigenvalue weighted by atomic mass is 10.1. The molecular weight excluding hydrogens is 276 g/mol. The first-order valence-electron chi connectivity index (χ1n) is 5.79. The Labute approximate surface area is 111 Å². The Bertz CT molecular complexity index is 462. The maximum Gasteiger partial charge on any atom is 0.226 e. The summed E-state index contributed by atoms with van der Waals surface area (Å²) in [5, 5.41) is 0. The van der Waals surface area contributed by atoms with Gasteiger partial charge in [-0.25, -0.2) is 8.42 Å². The number of carbonyl (C=O) groups excluding carboxylic acids is 1. The van der Waals surface area contributed by atoms with E-state index in [2.05, 4.69) is 0 Å². The molecule has 2 heterocycles. The van der Waals surface area contributed by atoms with E-state index in [0.29, 0.717) is 26.1 Å². The molecule has 2 N–H and O–H groups in total. The molecule has 1 amide bonds. The number of nitrogens with zero attached hydrogens (tertiary/aromatic N) is 1. The molecule has 0 aliphatic carbocycles. The Morgan fingerprint density at radius 3 is 2.72 bits per heavy atom. The highest BCUT2D eigenvalue weighted by atomic mass is 32.2. The first-order valence-corrected chi connectivity index (χ1v) is 8.02. The van der Waals surface area contributed by atoms with Crippen LogP contribution in [0.2, 0.25) is 0 Å². The number of thiocarbonyl (C=S) groups is 1. The summed E-state index contributed by atoms with van der Waals surface area (Å²) in [6.07, 6.45) is -0.00768. The van der Waals surface area contributed by atoms with Crippen LogP contribution in [0.4, 0.5) is 0 Å². The fourth-order valence-corrected chi connectivity index (χ4v) is 4.14. The van der Waals surface area contributed by atoms with E-state index < -0.39 is 21.9 Å². The van der Waals surface area contributed by atoms with E-state index in [-0.39, 0.29) is 22.4 Å². The van der Waals surface area contributed by atoms with Gasteiger partial charge in [-0.15, -0.1) is 0 Å². The Morgan fingerprint density at radius 2 is 2.17 bits per heavy atom. The fourth-order valence-electron chi connectivity index (χ4n) is 2.27. The number of hydrogen-bond acceptors (Lipinski definition) is 5. The first kappa shape index (κ1) is 13.7. The van der Waals surface area contributed by atoms with Crippen LogP contribution in [-0.2, 0) is 19.4 Å². The van der Waals surface area contributed by atoms with Crippen molar-refractivity contribution < 1.29 is 17.9 Å². The highest BCUT2D eigenvalue weighted by molar-refractivity contribution is 7.91. The fraction of sp³-hybridized carbons (Fsp3) is 0.800. The molecule has 0 radical (unpaired) electrons. The van der Waals surface area contributed by atoms with Crippen LogP contribution < -0.4 is 5.73 Å². The van der Waals surface area contributed by atoms with Crippen LogP contribution in [0.25, 0.3) is 0 Å². The molecule has 2 atom stereocenters. The van der Waals surface area contributed by atoms with Crippen LogP contribution in [0.5, 0.6) is 0 Å². The third-order valence-electron chi connectivity index (χ3n) is 3.28. The largest absolute Gasteiger partial charge is 0.391 e. The zero-order valence-corrected chi connectivity index (χ0v) is 11.5. The Morgan fingerprint density at radius 1 is 1.44 bits per heavy atom. The minimum atomic E-state index is -3.04. The van der Waals surface area contributed by atoms with Gasteiger partial charge in [-0.3, -0.25) is 4.79 Å². The maximum absolute atomic E-state index is 12.2. The zero-order valence-electron chi connectivity index (χ0n) is 9.87. The van der Waals surface area contributed by atoms with E-state index in [1.807, 2.05) is 0 Å². The van der Waals surface area contributed by atoms with Gasteiger partial charge in [-0.05, 0) is 6.42 Å². The molecule has 2 rings (SSSR count). The summed E-state index contributed by atoms with van der Waals surface area (Å²) in [6, 6.07) is 0. The summed E-state index contributed by atoms with van der Waals surface area (Å²) in [6.45, 7) is 1.17. The van der Waals surface area contributed by atoms with Crippen LogP contribution in [0.3, 0.4) is 0 Å². The van der Waals surface area contributed by atoms with Crippen LogP contribution >= 0.6 is 12.2 Å². The average molecular weight is 292 g/mol. The molecule has 18 heavy (non-hydrogen) atoms. The van der Waals surface area contributed by atoms with Crippen molar-refractivity contribution in [2.45, 2.75) is 12.5 Å². The lowest BCUT2D eigenvalue weighted by molar-refractivity contribution is -0.140. The van der Waals surface area contributed by atoms with Crippen molar-refractivity contribution in [2.24, 2.45) is 11.7 Å². The summed E-state index contributed by atoms with van der Waals surface area (Å²) < 4.78 is 28.1. The van der Waals surface area contributed by atoms with Gasteiger partial charge in [-0.1, -0.05) is 12.2 Å². The van der Waals surface area contributed by atoms with E-state index >= 15 is 0 Å². The molecule has 2 saturated heterocycles. The summed E-state index contributed by atoms with van der Waals surface area (Å²) >= 11 is 4.85. The summed E-state index contributed by atoms with van der Waals surface area (Å²) in [4.78, 5) is 14.0. The standard InChI is InChI=1S/C10H16N2O4S2/c11-9(17)8-5-12(2-3-16-8)10(13)7-1-4-18(14,15)6-7/h7-8H,1-6H2,(H2,11,17). The van der Waals surface area contributed by atoms with E-state index in [1.54, 1.807) is 4.90 Å². The number of amides is 1. The van der Waals surface area contributed by atoms with Crippen LogP contribution in [0, 0.1) is 5.92 Å². The van der Waals surface area contributed by atoms with Crippen LogP contribution in [0.15, 0.2) is 0 Å². The van der Waals surface area contributed by atoms with Gasteiger partial charge in [0.2, 0.25) is 5.91 Å². The normalized spacial score (nSPS) is 31.2. The zero-order chi connectivity index (χ0) is 13.3. The predicted molar refractivity (Wildman–Crippen MR) is 69.9 cm³/mol. The average Bonchev–Trinajstić information content (AvgIpc) is 2.69. The summed E-state index contributed by atoms with van der Waals surface area (Å²) in [7, 11) is -3.04. The number of rotatable bonds is 2. The molecule has 0 aromatic carbocycles. The van der Waals surface area contributed by atoms with Crippen molar-refractivity contribution in [1.29, 1.82) is 0 Å². The second-order valence-electron chi connectivity index (χ2n) is 4.65. The molecule has 6 nitrogen and oxygen atoms in total. The summed E-state index contributed by atoms with van der Waals surface area (Å²) in [5.74, 6) is -0.478. The van der Waals surface area contributed by atoms with Gasteiger partial charge in [0.25, 0.3) is 0 Å². The Balaban J connectivity index is 1.99. The molecular formula is C10H16N2O4S2. The second kappa shape index (κ2) is 5.10. The van der Waals surface area contributed by atoms with Crippen molar-refractivity contribution in [3.05, 3.63) is 0 Å². The molecule has 0 aromatic rings. The van der Waals surface area contributed by atoms with E-state index in [0.717, 1.165) is 0 Å². The SMILES string of the molecule is NC(=S)C1CN(C(=O)C2CCS(=O)(=O)C2)CCO1. The van der Waals surface area contributed by atoms with Gasteiger partial charge in [0, 0.05) is 6.54 Å². The highest BCUT2D eigenvalue weighted by Crippen LogP contribution is 2.21. The first-order chi connectivity index (χ1) is 8.39. The van der Waals surface area contributed by atoms with Gasteiger partial charge in [-0.2, -0.15) is 0 Å². The van der Waals surface area contributed by atoms with E-state index in [9.17, 15) is 13.2 Å². The van der Waals surface area contributed by atoms with Gasteiger partial charge in [0.15, 0.2) is 9.84 Å². The monoisotopic (exact) mass is 292 g/mol. The minimum Gasteiger partial charge on any atom is -0.391 e. The van der Waals surface area contributed by atoms with Crippen molar-refractivity contribution in [3.63, 3.8) is 0 Å². The quantitative estimate of drug-likeness (QED) is 0.652. The maximum atomic E-state index is 12.2. The smallest absolute Gasteiger partial charge is 0.226 e. The van der Waals surface area contributed by atoms with Crippen molar-refractivity contribution in [3.8, 4) is 0 Å². The molecule has 0 bridgehead atoms. The minimum absolute atomic E-state index is 0.0407. The van der Waals surface area contributed by atoms with Gasteiger partial charge in [0.05, 0.1) is 30.6 Å². The Hall–Kier alpha value is -0.730. The molecule has 0 saturated carbocycles. The molecule has 0 spiro atoms. The second-order valence-corrected chi connectivity index (χ2v) is 7.35. The molecule has 8 heteroatoms. The molecule has 2 aliphatic rings. The summed E-state index contributed by atoms with van der Waals surface area (Å²) in [5.41, 5.74) is 5.50. The Kier molecular flexibility index (Phi) is 3.88. The number of sulfone groups is 1. The number of carbonyl (C=O) groups is 1. The van der Waals surface area contributed by atoms with Gasteiger partial charge < -0.3 is 15.4 Å².